The second kappa shape index (κ2) is 11.6. The van der Waals surface area contributed by atoms with E-state index >= 15 is 0 Å². The summed E-state index contributed by atoms with van der Waals surface area (Å²) >= 11 is 0. The molecule has 1 nitrogen and oxygen atoms in total. The molecular formula is C27H29F7O. The van der Waals surface area contributed by atoms with Gasteiger partial charge in [-0.3, -0.25) is 0 Å². The molecule has 8 heteroatoms. The molecule has 192 valence electrons. The standard InChI is InChI=1S/C27H29F7O/c1-2-3-4-5-18-6-8-20(9-7-18)21-10-12-22(13-11-21)27(33,34)35-15-14-19-16-23(28)25(24(29)17-19)26(30,31)32/h2-3,10-13,16-18,20H,4-9,14-15H2,1H3/b3-2+. The Kier molecular flexibility index (Phi) is 9.02. The van der Waals surface area contributed by atoms with Gasteiger partial charge in [0, 0.05) is 0 Å². The second-order valence-corrected chi connectivity index (χ2v) is 9.03. The van der Waals surface area contributed by atoms with Crippen LogP contribution in [0.3, 0.4) is 0 Å². The van der Waals surface area contributed by atoms with Crippen molar-refractivity contribution in [2.75, 3.05) is 6.61 Å². The van der Waals surface area contributed by atoms with Crippen LogP contribution in [0.25, 0.3) is 0 Å². The molecule has 0 radical (unpaired) electrons. The lowest BCUT2D eigenvalue weighted by atomic mass is 9.77. The van der Waals surface area contributed by atoms with Crippen LogP contribution < -0.4 is 0 Å². The van der Waals surface area contributed by atoms with Gasteiger partial charge in [-0.15, -0.1) is 0 Å². The zero-order valence-corrected chi connectivity index (χ0v) is 19.5. The highest BCUT2D eigenvalue weighted by Gasteiger charge is 2.38. The quantitative estimate of drug-likeness (QED) is 0.246. The highest BCUT2D eigenvalue weighted by Crippen LogP contribution is 2.39. The molecule has 0 unspecified atom stereocenters. The summed E-state index contributed by atoms with van der Waals surface area (Å²) in [6.07, 6.45) is 1.55. The van der Waals surface area contributed by atoms with E-state index in [0.717, 1.165) is 37.7 Å². The molecule has 0 bridgehead atoms. The maximum Gasteiger partial charge on any atom is 0.422 e. The third kappa shape index (κ3) is 7.32. The molecule has 0 aliphatic heterocycles. The fourth-order valence-corrected chi connectivity index (χ4v) is 4.65. The van der Waals surface area contributed by atoms with Gasteiger partial charge in [0.1, 0.15) is 17.2 Å². The Hall–Kier alpha value is -2.35. The van der Waals surface area contributed by atoms with E-state index in [4.69, 9.17) is 0 Å². The Morgan fingerprint density at radius 1 is 0.914 bits per heavy atom. The Bertz CT molecular complexity index is 965. The van der Waals surface area contributed by atoms with Crippen LogP contribution >= 0.6 is 0 Å². The minimum atomic E-state index is -5.19. The van der Waals surface area contributed by atoms with Crippen LogP contribution in [0, 0.1) is 17.6 Å². The highest BCUT2D eigenvalue weighted by atomic mass is 19.4. The van der Waals surface area contributed by atoms with Gasteiger partial charge in [-0.1, -0.05) is 36.4 Å². The zero-order chi connectivity index (χ0) is 25.6. The first kappa shape index (κ1) is 27.2. The molecule has 1 saturated carbocycles. The normalized spacial score (nSPS) is 19.4. The van der Waals surface area contributed by atoms with Crippen LogP contribution in [0.15, 0.2) is 48.6 Å². The Labute approximate surface area is 201 Å². The number of rotatable bonds is 9. The molecule has 2 aromatic carbocycles. The minimum absolute atomic E-state index is 0.208. The largest absolute Gasteiger partial charge is 0.422 e. The van der Waals surface area contributed by atoms with Gasteiger partial charge in [0.05, 0.1) is 12.2 Å². The monoisotopic (exact) mass is 502 g/mol. The predicted molar refractivity (Wildman–Crippen MR) is 120 cm³/mol. The molecule has 3 rings (SSSR count). The van der Waals surface area contributed by atoms with E-state index in [-0.39, 0.29) is 17.5 Å². The summed E-state index contributed by atoms with van der Waals surface area (Å²) < 4.78 is 98.9. The summed E-state index contributed by atoms with van der Waals surface area (Å²) in [7, 11) is 0. The Morgan fingerprint density at radius 2 is 1.51 bits per heavy atom. The predicted octanol–water partition coefficient (Wildman–Crippen LogP) is 8.92. The van der Waals surface area contributed by atoms with Crippen molar-refractivity contribution in [2.45, 2.75) is 70.1 Å². The lowest BCUT2D eigenvalue weighted by molar-refractivity contribution is -0.248. The van der Waals surface area contributed by atoms with Crippen molar-refractivity contribution in [1.29, 1.82) is 0 Å². The van der Waals surface area contributed by atoms with Gasteiger partial charge in [-0.2, -0.15) is 22.0 Å². The average Bonchev–Trinajstić information content (AvgIpc) is 2.78. The molecule has 1 aliphatic rings. The summed E-state index contributed by atoms with van der Waals surface area (Å²) in [5, 5.41) is 0. The molecule has 1 aliphatic carbocycles. The number of alkyl halides is 5. The summed E-state index contributed by atoms with van der Waals surface area (Å²) in [6, 6.07) is 6.95. The van der Waals surface area contributed by atoms with Gasteiger partial charge in [0.25, 0.3) is 0 Å². The first-order chi connectivity index (χ1) is 16.5. The van der Waals surface area contributed by atoms with Crippen LogP contribution in [0.4, 0.5) is 30.7 Å². The lowest BCUT2D eigenvalue weighted by Crippen LogP contribution is -2.20. The fraction of sp³-hybridized carbons (Fsp3) is 0.481. The Balaban J connectivity index is 1.53. The van der Waals surface area contributed by atoms with Gasteiger partial charge in [-0.05, 0) is 87.0 Å². The molecule has 0 aromatic heterocycles. The third-order valence-corrected chi connectivity index (χ3v) is 6.60. The molecule has 1 fully saturated rings. The number of halogens is 7. The van der Waals surface area contributed by atoms with Crippen molar-refractivity contribution >= 4 is 0 Å². The molecule has 0 atom stereocenters. The topological polar surface area (TPSA) is 9.23 Å². The summed E-state index contributed by atoms with van der Waals surface area (Å²) in [5.74, 6) is -2.55. The van der Waals surface area contributed by atoms with E-state index in [1.165, 1.54) is 18.6 Å². The highest BCUT2D eigenvalue weighted by molar-refractivity contribution is 5.29. The van der Waals surface area contributed by atoms with Gasteiger partial charge in [-0.25, -0.2) is 8.78 Å². The smallest absolute Gasteiger partial charge is 0.316 e. The van der Waals surface area contributed by atoms with Crippen LogP contribution in [0.5, 0.6) is 0 Å². The maximum atomic E-state index is 14.5. The molecule has 0 heterocycles. The Morgan fingerprint density at radius 3 is 2.06 bits per heavy atom. The molecule has 0 N–H and O–H groups in total. The van der Waals surface area contributed by atoms with Crippen molar-refractivity contribution in [1.82, 2.24) is 0 Å². The van der Waals surface area contributed by atoms with E-state index in [2.05, 4.69) is 16.9 Å². The molecule has 35 heavy (non-hydrogen) atoms. The molecular weight excluding hydrogens is 473 g/mol. The van der Waals surface area contributed by atoms with Crippen LogP contribution in [0.1, 0.15) is 73.6 Å². The fourth-order valence-electron chi connectivity index (χ4n) is 4.65. The zero-order valence-electron chi connectivity index (χ0n) is 19.5. The van der Waals surface area contributed by atoms with E-state index in [9.17, 15) is 30.7 Å². The van der Waals surface area contributed by atoms with Crippen LogP contribution in [-0.2, 0) is 23.4 Å². The lowest BCUT2D eigenvalue weighted by Gasteiger charge is -2.29. The SMILES string of the molecule is C/C=C/CCC1CCC(c2ccc(C(F)(F)OCCc3cc(F)c(C(F)(F)F)c(F)c3)cc2)CC1. The summed E-state index contributed by atoms with van der Waals surface area (Å²) in [5.41, 5.74) is -1.56. The van der Waals surface area contributed by atoms with Crippen molar-refractivity contribution in [3.8, 4) is 0 Å². The van der Waals surface area contributed by atoms with Crippen molar-refractivity contribution in [3.63, 3.8) is 0 Å². The summed E-state index contributed by atoms with van der Waals surface area (Å²) in [6.45, 7) is 1.38. The van der Waals surface area contributed by atoms with Crippen molar-refractivity contribution in [3.05, 3.63) is 82.4 Å². The van der Waals surface area contributed by atoms with Gasteiger partial charge in [0.2, 0.25) is 0 Å². The van der Waals surface area contributed by atoms with E-state index in [1.54, 1.807) is 12.1 Å². The summed E-state index contributed by atoms with van der Waals surface area (Å²) in [4.78, 5) is 0. The third-order valence-electron chi connectivity index (χ3n) is 6.60. The van der Waals surface area contributed by atoms with Crippen molar-refractivity contribution in [2.24, 2.45) is 5.92 Å². The number of hydrogen-bond acceptors (Lipinski definition) is 1. The van der Waals surface area contributed by atoms with Crippen molar-refractivity contribution < 1.29 is 35.5 Å². The second-order valence-electron chi connectivity index (χ2n) is 9.03. The minimum Gasteiger partial charge on any atom is -0.316 e. The first-order valence-corrected chi connectivity index (χ1v) is 11.8. The number of allylic oxidation sites excluding steroid dienone is 2. The molecule has 0 spiro atoms. The molecule has 0 saturated heterocycles. The number of ether oxygens (including phenoxy) is 1. The van der Waals surface area contributed by atoms with Crippen LogP contribution in [-0.4, -0.2) is 6.61 Å². The number of benzene rings is 2. The van der Waals surface area contributed by atoms with Crippen LogP contribution in [0.2, 0.25) is 0 Å². The van der Waals surface area contributed by atoms with E-state index in [1.807, 2.05) is 6.92 Å². The maximum absolute atomic E-state index is 14.5. The average molecular weight is 503 g/mol. The molecule has 0 amide bonds. The number of hydrogen-bond donors (Lipinski definition) is 0. The van der Waals surface area contributed by atoms with E-state index < -0.39 is 36.1 Å². The van der Waals surface area contributed by atoms with E-state index in [0.29, 0.717) is 24.0 Å². The molecule has 2 aromatic rings. The van der Waals surface area contributed by atoms with Gasteiger partial charge < -0.3 is 4.74 Å². The van der Waals surface area contributed by atoms with Gasteiger partial charge in [0.15, 0.2) is 0 Å². The first-order valence-electron chi connectivity index (χ1n) is 11.8. The van der Waals surface area contributed by atoms with Gasteiger partial charge >= 0.3 is 12.3 Å².